The summed E-state index contributed by atoms with van der Waals surface area (Å²) in [6, 6.07) is 2.78. The molecule has 0 saturated heterocycles. The van der Waals surface area contributed by atoms with Gasteiger partial charge in [0.05, 0.1) is 10.8 Å². The lowest BCUT2D eigenvalue weighted by molar-refractivity contribution is -0.115. The van der Waals surface area contributed by atoms with Gasteiger partial charge in [-0.3, -0.25) is 4.79 Å². The fourth-order valence-corrected chi connectivity index (χ4v) is 6.77. The van der Waals surface area contributed by atoms with Crippen molar-refractivity contribution in [2.24, 2.45) is 0 Å². The summed E-state index contributed by atoms with van der Waals surface area (Å²) in [4.78, 5) is 14.2. The molecule has 1 atom stereocenters. The van der Waals surface area contributed by atoms with Gasteiger partial charge in [-0.05, 0) is 57.9 Å². The zero-order chi connectivity index (χ0) is 21.1. The van der Waals surface area contributed by atoms with E-state index in [0.29, 0.717) is 16.6 Å². The molecular weight excluding hydrogens is 414 g/mol. The maximum atomic E-state index is 13.0. The van der Waals surface area contributed by atoms with Crippen molar-refractivity contribution in [2.75, 3.05) is 5.32 Å². The number of nitrogens with zero attached hydrogens (tertiary/aromatic N) is 4. The van der Waals surface area contributed by atoms with Gasteiger partial charge in [0, 0.05) is 10.9 Å². The highest BCUT2D eigenvalue weighted by Crippen LogP contribution is 2.38. The lowest BCUT2D eigenvalue weighted by atomic mass is 9.95. The Morgan fingerprint density at radius 2 is 1.93 bits per heavy atom. The van der Waals surface area contributed by atoms with Crippen molar-refractivity contribution in [3.05, 3.63) is 21.8 Å². The molecule has 1 unspecified atom stereocenters. The topological polar surface area (TPSA) is 83.6 Å². The number of amides is 1. The van der Waals surface area contributed by atoms with Gasteiger partial charge in [0.25, 0.3) is 0 Å². The fraction of sp³-hybridized carbons (Fsp3) is 0.636. The molecule has 2 aliphatic carbocycles. The number of aromatic nitrogens is 3. The summed E-state index contributed by atoms with van der Waals surface area (Å²) in [5.74, 6) is 0.842. The second-order valence-electron chi connectivity index (χ2n) is 8.32. The molecule has 4 rings (SSSR count). The number of rotatable bonds is 5. The average molecular weight is 444 g/mol. The molecule has 1 N–H and O–H groups in total. The van der Waals surface area contributed by atoms with Gasteiger partial charge in [-0.15, -0.1) is 21.5 Å². The number of aryl methyl sites for hydroxylation is 2. The van der Waals surface area contributed by atoms with Gasteiger partial charge in [-0.1, -0.05) is 37.4 Å². The Labute approximate surface area is 186 Å². The standard InChI is InChI=1S/C22H29N5OS2/c1-14(29-22-26-25-15(2)27(22)16-9-5-3-6-10-16)20(28)24-21-18(13-23)17-11-7-4-8-12-19(17)30-21/h14,16H,3-12H2,1-2H3,(H,24,28). The van der Waals surface area contributed by atoms with E-state index in [9.17, 15) is 10.1 Å². The largest absolute Gasteiger partial charge is 0.316 e. The Balaban J connectivity index is 1.47. The Bertz CT molecular complexity index is 952. The maximum absolute atomic E-state index is 13.0. The molecule has 1 saturated carbocycles. The molecule has 6 nitrogen and oxygen atoms in total. The molecule has 2 aliphatic rings. The van der Waals surface area contributed by atoms with Crippen molar-refractivity contribution in [3.63, 3.8) is 0 Å². The monoisotopic (exact) mass is 443 g/mol. The van der Waals surface area contributed by atoms with Gasteiger partial charge in [-0.25, -0.2) is 0 Å². The van der Waals surface area contributed by atoms with E-state index in [2.05, 4.69) is 26.2 Å². The van der Waals surface area contributed by atoms with Crippen molar-refractivity contribution < 1.29 is 4.79 Å². The minimum Gasteiger partial charge on any atom is -0.316 e. The summed E-state index contributed by atoms with van der Waals surface area (Å²) in [5, 5.41) is 22.6. The van der Waals surface area contributed by atoms with Crippen molar-refractivity contribution in [2.45, 2.75) is 94.5 Å². The number of hydrogen-bond donors (Lipinski definition) is 1. The van der Waals surface area contributed by atoms with Crippen molar-refractivity contribution >= 4 is 34.0 Å². The van der Waals surface area contributed by atoms with Crippen molar-refractivity contribution in [1.82, 2.24) is 14.8 Å². The average Bonchev–Trinajstić information content (AvgIpc) is 3.18. The van der Waals surface area contributed by atoms with Gasteiger partial charge in [0.1, 0.15) is 16.9 Å². The predicted octanol–water partition coefficient (Wildman–Crippen LogP) is 5.41. The molecule has 1 amide bonds. The van der Waals surface area contributed by atoms with Crippen LogP contribution in [0.25, 0.3) is 0 Å². The first kappa shape index (κ1) is 21.4. The molecule has 8 heteroatoms. The number of nitriles is 1. The smallest absolute Gasteiger partial charge is 0.238 e. The van der Waals surface area contributed by atoms with E-state index < -0.39 is 0 Å². The maximum Gasteiger partial charge on any atom is 0.238 e. The third-order valence-corrected chi connectivity index (χ3v) is 8.46. The number of carbonyl (C=O) groups is 1. The Morgan fingerprint density at radius 3 is 2.70 bits per heavy atom. The highest BCUT2D eigenvalue weighted by Gasteiger charge is 2.26. The van der Waals surface area contributed by atoms with Gasteiger partial charge in [0.15, 0.2) is 5.16 Å². The zero-order valence-electron chi connectivity index (χ0n) is 17.7. The molecule has 160 valence electrons. The number of nitrogens with one attached hydrogen (secondary N) is 1. The minimum absolute atomic E-state index is 0.0799. The number of carbonyl (C=O) groups excluding carboxylic acids is 1. The van der Waals surface area contributed by atoms with Gasteiger partial charge < -0.3 is 9.88 Å². The molecule has 0 aliphatic heterocycles. The van der Waals surface area contributed by atoms with Crippen molar-refractivity contribution in [3.8, 4) is 6.07 Å². The van der Waals surface area contributed by atoms with Crippen LogP contribution >= 0.6 is 23.1 Å². The molecule has 0 bridgehead atoms. The molecule has 0 spiro atoms. The van der Waals surface area contributed by atoms with Gasteiger partial charge in [0.2, 0.25) is 5.91 Å². The highest BCUT2D eigenvalue weighted by molar-refractivity contribution is 8.00. The van der Waals surface area contributed by atoms with Crippen LogP contribution in [-0.4, -0.2) is 25.9 Å². The first-order valence-corrected chi connectivity index (χ1v) is 12.7. The van der Waals surface area contributed by atoms with Crippen LogP contribution in [-0.2, 0) is 17.6 Å². The lowest BCUT2D eigenvalue weighted by Crippen LogP contribution is -2.23. The predicted molar refractivity (Wildman–Crippen MR) is 121 cm³/mol. The molecule has 2 aromatic heterocycles. The molecule has 1 fully saturated rings. The summed E-state index contributed by atoms with van der Waals surface area (Å²) < 4.78 is 2.22. The van der Waals surface area contributed by atoms with Crippen LogP contribution in [0.2, 0.25) is 0 Å². The Morgan fingerprint density at radius 1 is 1.20 bits per heavy atom. The number of hydrogen-bond acceptors (Lipinski definition) is 6. The van der Waals surface area contributed by atoms with Crippen LogP contribution in [0.15, 0.2) is 5.16 Å². The van der Waals surface area contributed by atoms with Crippen LogP contribution in [0.5, 0.6) is 0 Å². The Hall–Kier alpha value is -1.85. The minimum atomic E-state index is -0.315. The summed E-state index contributed by atoms with van der Waals surface area (Å²) >= 11 is 3.05. The summed E-state index contributed by atoms with van der Waals surface area (Å²) in [6.45, 7) is 3.90. The SMILES string of the molecule is Cc1nnc(SC(C)C(=O)Nc2sc3c(c2C#N)CCCCC3)n1C1CCCCC1. The lowest BCUT2D eigenvalue weighted by Gasteiger charge is -2.25. The van der Waals surface area contributed by atoms with E-state index in [0.717, 1.165) is 55.1 Å². The van der Waals surface area contributed by atoms with E-state index >= 15 is 0 Å². The second-order valence-corrected chi connectivity index (χ2v) is 10.7. The first-order chi connectivity index (χ1) is 14.6. The number of anilines is 1. The quantitative estimate of drug-likeness (QED) is 0.493. The molecule has 0 aromatic carbocycles. The van der Waals surface area contributed by atoms with Gasteiger partial charge in [-0.2, -0.15) is 5.26 Å². The summed E-state index contributed by atoms with van der Waals surface area (Å²) in [6.07, 6.45) is 11.5. The molecular formula is C22H29N5OS2. The van der Waals surface area contributed by atoms with Crippen LogP contribution in [0.3, 0.4) is 0 Å². The van der Waals surface area contributed by atoms with E-state index in [1.54, 1.807) is 11.3 Å². The van der Waals surface area contributed by atoms with E-state index in [1.807, 2.05) is 13.8 Å². The third kappa shape index (κ3) is 4.42. The molecule has 2 aromatic rings. The van der Waals surface area contributed by atoms with Crippen molar-refractivity contribution in [1.29, 1.82) is 5.26 Å². The van der Waals surface area contributed by atoms with Crippen LogP contribution in [0.1, 0.15) is 86.2 Å². The van der Waals surface area contributed by atoms with Crippen LogP contribution in [0.4, 0.5) is 5.00 Å². The molecule has 30 heavy (non-hydrogen) atoms. The molecule has 0 radical (unpaired) electrons. The number of thiophene rings is 1. The highest BCUT2D eigenvalue weighted by atomic mass is 32.2. The third-order valence-electron chi connectivity index (χ3n) is 6.20. The Kier molecular flexibility index (Phi) is 6.79. The normalized spacial score (nSPS) is 18.3. The summed E-state index contributed by atoms with van der Waals surface area (Å²) in [5.41, 5.74) is 1.83. The van der Waals surface area contributed by atoms with Crippen LogP contribution < -0.4 is 5.32 Å². The number of thioether (sulfide) groups is 1. The van der Waals surface area contributed by atoms with E-state index in [1.165, 1.54) is 42.3 Å². The van der Waals surface area contributed by atoms with E-state index in [-0.39, 0.29) is 11.2 Å². The fourth-order valence-electron chi connectivity index (χ4n) is 4.56. The summed E-state index contributed by atoms with van der Waals surface area (Å²) in [7, 11) is 0. The van der Waals surface area contributed by atoms with E-state index in [4.69, 9.17) is 0 Å². The second kappa shape index (κ2) is 9.52. The first-order valence-electron chi connectivity index (χ1n) is 11.0. The van der Waals surface area contributed by atoms with Gasteiger partial charge >= 0.3 is 0 Å². The molecule has 2 heterocycles. The number of fused-ring (bicyclic) bond motifs is 1. The zero-order valence-corrected chi connectivity index (χ0v) is 19.4. The van der Waals surface area contributed by atoms with Crippen LogP contribution in [0, 0.1) is 18.3 Å².